The summed E-state index contributed by atoms with van der Waals surface area (Å²) in [5.74, 6) is 0.650. The normalized spacial score (nSPS) is 12.9. The van der Waals surface area contributed by atoms with Crippen LogP contribution >= 0.6 is 27.3 Å². The van der Waals surface area contributed by atoms with Crippen molar-refractivity contribution in [3.8, 4) is 34.0 Å². The van der Waals surface area contributed by atoms with Crippen molar-refractivity contribution in [2.75, 3.05) is 0 Å². The Kier molecular flexibility index (Phi) is 8.02. The zero-order valence-corrected chi connectivity index (χ0v) is 35.8. The van der Waals surface area contributed by atoms with Crippen molar-refractivity contribution in [2.24, 2.45) is 0 Å². The molecule has 4 aromatic heterocycles. The van der Waals surface area contributed by atoms with Crippen molar-refractivity contribution in [3.63, 3.8) is 0 Å². The van der Waals surface area contributed by atoms with E-state index in [0.29, 0.717) is 5.95 Å². The summed E-state index contributed by atoms with van der Waals surface area (Å²) < 4.78 is 7.09. The maximum Gasteiger partial charge on any atom is 0.235 e. The van der Waals surface area contributed by atoms with E-state index in [2.05, 4.69) is 213 Å². The maximum atomic E-state index is 5.49. The third kappa shape index (κ3) is 5.43. The van der Waals surface area contributed by atoms with E-state index in [1.807, 2.05) is 11.3 Å². The van der Waals surface area contributed by atoms with Crippen LogP contribution < -0.4 is 10.4 Å². The monoisotopic (exact) mass is 874 g/mol. The van der Waals surface area contributed by atoms with Crippen LogP contribution in [0, 0.1) is 0 Å². The number of benzene rings is 8. The summed E-state index contributed by atoms with van der Waals surface area (Å²) in [4.78, 5) is 12.1. The number of rotatable bonds is 5. The molecule has 1 aliphatic carbocycles. The Balaban J connectivity index is 0.973. The van der Waals surface area contributed by atoms with Gasteiger partial charge in [0.05, 0.1) is 33.3 Å². The fraction of sp³-hybridized carbons (Fsp3) is 0.0357. The predicted octanol–water partition coefficient (Wildman–Crippen LogP) is 13.9. The van der Waals surface area contributed by atoms with Crippen molar-refractivity contribution in [3.05, 3.63) is 202 Å². The summed E-state index contributed by atoms with van der Waals surface area (Å²) in [6, 6.07) is 65.6. The van der Waals surface area contributed by atoms with Crippen LogP contribution in [0.25, 0.3) is 110 Å². The molecule has 0 atom stereocenters. The largest absolute Gasteiger partial charge is 0.309 e. The van der Waals surface area contributed by atoms with Crippen molar-refractivity contribution in [1.82, 2.24) is 19.1 Å². The van der Waals surface area contributed by atoms with Crippen molar-refractivity contribution < 1.29 is 0 Å². The van der Waals surface area contributed by atoms with Gasteiger partial charge in [-0.1, -0.05) is 127 Å². The lowest BCUT2D eigenvalue weighted by Gasteiger charge is -2.13. The van der Waals surface area contributed by atoms with Crippen molar-refractivity contribution in [2.45, 2.75) is 12.8 Å². The SMILES string of the molecule is Brc1c(C2=c3ccccc3=CCC2)sc2ccc(-c3ccc4c(c3)c3ccccc3n4-c3nc(-c4ccc5c6ccccc6n(-c6ccccc6)c5c4)c4ccccc4n3)cc12. The first-order valence-corrected chi connectivity index (χ1v) is 22.7. The molecule has 0 spiro atoms. The van der Waals surface area contributed by atoms with E-state index in [4.69, 9.17) is 9.97 Å². The number of aromatic nitrogens is 4. The van der Waals surface area contributed by atoms with Gasteiger partial charge in [0.1, 0.15) is 0 Å². The number of para-hydroxylation sites is 4. The van der Waals surface area contributed by atoms with Gasteiger partial charge in [0.2, 0.25) is 5.95 Å². The van der Waals surface area contributed by atoms with Crippen LogP contribution in [0.4, 0.5) is 0 Å². The Hall–Kier alpha value is -7.12. The molecule has 1 aliphatic rings. The maximum absolute atomic E-state index is 5.49. The van der Waals surface area contributed by atoms with E-state index < -0.39 is 0 Å². The van der Waals surface area contributed by atoms with Crippen LogP contribution in [0.1, 0.15) is 17.7 Å². The van der Waals surface area contributed by atoms with Gasteiger partial charge in [0.25, 0.3) is 0 Å². The minimum atomic E-state index is 0.650. The Morgan fingerprint density at radius 2 is 1.13 bits per heavy atom. The number of fused-ring (bicyclic) bond motifs is 9. The van der Waals surface area contributed by atoms with Gasteiger partial charge in [-0.3, -0.25) is 4.57 Å². The second-order valence-corrected chi connectivity index (χ2v) is 18.0. The van der Waals surface area contributed by atoms with Crippen LogP contribution in [0.15, 0.2) is 186 Å². The second-order valence-electron chi connectivity index (χ2n) is 16.2. The van der Waals surface area contributed by atoms with Gasteiger partial charge in [-0.15, -0.1) is 11.3 Å². The van der Waals surface area contributed by atoms with E-state index >= 15 is 0 Å². The molecule has 0 aliphatic heterocycles. The highest BCUT2D eigenvalue weighted by Crippen LogP contribution is 2.43. The average molecular weight is 876 g/mol. The molecule has 0 N–H and O–H groups in total. The van der Waals surface area contributed by atoms with E-state index in [1.165, 1.54) is 73.6 Å². The third-order valence-corrected chi connectivity index (χ3v) is 15.0. The standard InChI is InChI=1S/C56H35BrN4S/c57-53-46-32-36(27-30-52(46)62-55(53)43-21-12-14-34-13-4-5-17-39(34)43)35-26-29-50-45(31-35)41-19-8-11-24-49(41)61(50)56-58-47-22-9-6-20-44(47)54(59-56)37-25-28-42-40-18-7-10-23-48(40)60(51(42)33-37)38-15-2-1-3-16-38/h1-11,13-20,22-33H,12,21H2. The molecule has 8 aromatic carbocycles. The van der Waals surface area contributed by atoms with Gasteiger partial charge in [-0.25, -0.2) is 9.97 Å². The molecule has 292 valence electrons. The lowest BCUT2D eigenvalue weighted by atomic mass is 9.97. The predicted molar refractivity (Wildman–Crippen MR) is 264 cm³/mol. The molecule has 4 heterocycles. The quantitative estimate of drug-likeness (QED) is 0.173. The molecule has 13 rings (SSSR count). The molecule has 62 heavy (non-hydrogen) atoms. The Morgan fingerprint density at radius 3 is 1.98 bits per heavy atom. The number of nitrogens with zero attached hydrogens (tertiary/aromatic N) is 4. The highest BCUT2D eigenvalue weighted by Gasteiger charge is 2.21. The zero-order chi connectivity index (χ0) is 40.9. The first-order chi connectivity index (χ1) is 30.7. The van der Waals surface area contributed by atoms with Gasteiger partial charge in [-0.2, -0.15) is 0 Å². The average Bonchev–Trinajstić information content (AvgIpc) is 3.97. The first kappa shape index (κ1) is 35.6. The molecule has 0 saturated carbocycles. The minimum absolute atomic E-state index is 0.650. The number of thiophene rings is 1. The van der Waals surface area contributed by atoms with Gasteiger partial charge in [0.15, 0.2) is 0 Å². The van der Waals surface area contributed by atoms with E-state index in [1.54, 1.807) is 0 Å². The van der Waals surface area contributed by atoms with E-state index in [-0.39, 0.29) is 0 Å². The molecule has 4 nitrogen and oxygen atoms in total. The Bertz CT molecular complexity index is 3950. The summed E-state index contributed by atoms with van der Waals surface area (Å²) in [5.41, 5.74) is 12.2. The van der Waals surface area contributed by atoms with Crippen LogP contribution in [0.2, 0.25) is 0 Å². The van der Waals surface area contributed by atoms with Crippen LogP contribution in [0.5, 0.6) is 0 Å². The molecule has 0 amide bonds. The molecule has 0 radical (unpaired) electrons. The molecular weight excluding hydrogens is 841 g/mol. The third-order valence-electron chi connectivity index (χ3n) is 12.7. The summed E-state index contributed by atoms with van der Waals surface area (Å²) in [7, 11) is 0. The van der Waals surface area contributed by atoms with Crippen molar-refractivity contribution >= 4 is 104 Å². The minimum Gasteiger partial charge on any atom is -0.309 e. The lowest BCUT2D eigenvalue weighted by Crippen LogP contribution is -2.29. The Labute approximate surface area is 369 Å². The fourth-order valence-electron chi connectivity index (χ4n) is 9.86. The highest BCUT2D eigenvalue weighted by molar-refractivity contribution is 9.10. The molecule has 12 aromatic rings. The lowest BCUT2D eigenvalue weighted by molar-refractivity contribution is 1.01. The molecular formula is C56H35BrN4S. The number of hydrogen-bond acceptors (Lipinski definition) is 3. The molecule has 0 bridgehead atoms. The summed E-state index contributed by atoms with van der Waals surface area (Å²) in [6.45, 7) is 0. The van der Waals surface area contributed by atoms with E-state index in [0.717, 1.165) is 57.2 Å². The van der Waals surface area contributed by atoms with Crippen LogP contribution in [-0.2, 0) is 0 Å². The summed E-state index contributed by atoms with van der Waals surface area (Å²) in [5, 5.41) is 9.73. The fourth-order valence-corrected chi connectivity index (χ4v) is 12.0. The van der Waals surface area contributed by atoms with Crippen LogP contribution in [0.3, 0.4) is 0 Å². The van der Waals surface area contributed by atoms with E-state index in [9.17, 15) is 0 Å². The van der Waals surface area contributed by atoms with Crippen molar-refractivity contribution in [1.29, 1.82) is 0 Å². The molecule has 0 fully saturated rings. The second kappa shape index (κ2) is 14.0. The highest BCUT2D eigenvalue weighted by atomic mass is 79.9. The molecule has 0 saturated heterocycles. The summed E-state index contributed by atoms with van der Waals surface area (Å²) >= 11 is 5.97. The van der Waals surface area contributed by atoms with Gasteiger partial charge in [0, 0.05) is 57.6 Å². The van der Waals surface area contributed by atoms with Gasteiger partial charge < -0.3 is 4.57 Å². The number of halogens is 1. The van der Waals surface area contributed by atoms with Gasteiger partial charge >= 0.3 is 0 Å². The molecule has 6 heteroatoms. The Morgan fingerprint density at radius 1 is 0.484 bits per heavy atom. The van der Waals surface area contributed by atoms with Crippen LogP contribution in [-0.4, -0.2) is 19.1 Å². The summed E-state index contributed by atoms with van der Waals surface area (Å²) in [6.07, 6.45) is 4.48. The number of hydrogen-bond donors (Lipinski definition) is 0. The smallest absolute Gasteiger partial charge is 0.235 e. The molecule has 0 unspecified atom stereocenters. The zero-order valence-electron chi connectivity index (χ0n) is 33.4. The van der Waals surface area contributed by atoms with Gasteiger partial charge in [-0.05, 0) is 117 Å². The first-order valence-electron chi connectivity index (χ1n) is 21.1. The topological polar surface area (TPSA) is 35.6 Å².